The summed E-state index contributed by atoms with van der Waals surface area (Å²) in [6, 6.07) is 18.0. The third-order valence-electron chi connectivity index (χ3n) is 3.17. The van der Waals surface area contributed by atoms with Crippen LogP contribution in [-0.4, -0.2) is 24.9 Å². The van der Waals surface area contributed by atoms with Gasteiger partial charge in [0, 0.05) is 11.4 Å². The van der Waals surface area contributed by atoms with E-state index in [2.05, 4.69) is 10.6 Å². The van der Waals surface area contributed by atoms with Crippen LogP contribution < -0.4 is 10.6 Å². The van der Waals surface area contributed by atoms with Crippen LogP contribution in [0.4, 0.5) is 21.0 Å². The van der Waals surface area contributed by atoms with Crippen LogP contribution in [0.25, 0.3) is 0 Å². The number of amides is 2. The monoisotopic (exact) mass is 328 g/mol. The highest BCUT2D eigenvalue weighted by Gasteiger charge is 2.15. The molecule has 2 amide bonds. The van der Waals surface area contributed by atoms with E-state index in [1.807, 2.05) is 43.3 Å². The van der Waals surface area contributed by atoms with Gasteiger partial charge in [0.2, 0.25) is 0 Å². The SMILES string of the molecule is CC[C@H](COC(=O)Nc1ccccc1)OC(=O)Nc1ccccc1. The van der Waals surface area contributed by atoms with Crippen LogP contribution in [0, 0.1) is 0 Å². The molecular formula is C18H20N2O4. The fraction of sp³-hybridized carbons (Fsp3) is 0.222. The van der Waals surface area contributed by atoms with E-state index >= 15 is 0 Å². The number of para-hydroxylation sites is 2. The van der Waals surface area contributed by atoms with Gasteiger partial charge in [-0.05, 0) is 30.7 Å². The first-order valence-electron chi connectivity index (χ1n) is 7.69. The smallest absolute Gasteiger partial charge is 0.412 e. The van der Waals surface area contributed by atoms with Gasteiger partial charge in [-0.2, -0.15) is 0 Å². The summed E-state index contributed by atoms with van der Waals surface area (Å²) in [5.41, 5.74) is 1.28. The summed E-state index contributed by atoms with van der Waals surface area (Å²) in [7, 11) is 0. The van der Waals surface area contributed by atoms with Gasteiger partial charge in [0.25, 0.3) is 0 Å². The molecule has 0 radical (unpaired) electrons. The van der Waals surface area contributed by atoms with E-state index in [0.29, 0.717) is 17.8 Å². The summed E-state index contributed by atoms with van der Waals surface area (Å²) in [6.45, 7) is 1.83. The Morgan fingerprint density at radius 3 is 1.88 bits per heavy atom. The highest BCUT2D eigenvalue weighted by Crippen LogP contribution is 2.09. The van der Waals surface area contributed by atoms with Crippen molar-refractivity contribution in [2.45, 2.75) is 19.4 Å². The minimum absolute atomic E-state index is 0.0165. The molecule has 0 saturated heterocycles. The van der Waals surface area contributed by atoms with E-state index in [1.54, 1.807) is 24.3 Å². The topological polar surface area (TPSA) is 76.7 Å². The highest BCUT2D eigenvalue weighted by atomic mass is 16.6. The average molecular weight is 328 g/mol. The molecule has 0 heterocycles. The van der Waals surface area contributed by atoms with E-state index in [9.17, 15) is 9.59 Å². The summed E-state index contributed by atoms with van der Waals surface area (Å²) >= 11 is 0. The minimum Gasteiger partial charge on any atom is -0.445 e. The number of hydrogen-bond donors (Lipinski definition) is 2. The molecule has 2 rings (SSSR count). The Kier molecular flexibility index (Phi) is 6.64. The van der Waals surface area contributed by atoms with E-state index < -0.39 is 18.3 Å². The van der Waals surface area contributed by atoms with E-state index in [1.165, 1.54) is 0 Å². The lowest BCUT2D eigenvalue weighted by Crippen LogP contribution is -2.28. The number of rotatable bonds is 6. The van der Waals surface area contributed by atoms with Crippen molar-refractivity contribution in [3.8, 4) is 0 Å². The molecule has 0 unspecified atom stereocenters. The molecule has 2 N–H and O–H groups in total. The predicted octanol–water partition coefficient (Wildman–Crippen LogP) is 4.26. The normalized spacial score (nSPS) is 11.2. The first-order chi connectivity index (χ1) is 11.7. The second-order valence-corrected chi connectivity index (χ2v) is 5.02. The third kappa shape index (κ3) is 6.00. The molecule has 0 fully saturated rings. The molecule has 6 heteroatoms. The number of nitrogens with one attached hydrogen (secondary N) is 2. The standard InChI is InChI=1S/C18H20N2O4/c1-2-16(24-18(22)20-15-11-7-4-8-12-15)13-23-17(21)19-14-9-5-3-6-10-14/h3-12,16H,2,13H2,1H3,(H,19,21)(H,20,22)/t16-/m1/s1. The van der Waals surface area contributed by atoms with E-state index in [0.717, 1.165) is 0 Å². The Morgan fingerprint density at radius 1 is 0.875 bits per heavy atom. The largest absolute Gasteiger partial charge is 0.445 e. The molecule has 6 nitrogen and oxygen atoms in total. The maximum atomic E-state index is 11.8. The zero-order valence-electron chi connectivity index (χ0n) is 13.4. The number of benzene rings is 2. The molecule has 2 aromatic carbocycles. The van der Waals surface area contributed by atoms with Crippen LogP contribution in [0.1, 0.15) is 13.3 Å². The van der Waals surface area contributed by atoms with Crippen LogP contribution >= 0.6 is 0 Å². The summed E-state index contributed by atoms with van der Waals surface area (Å²) < 4.78 is 10.3. The van der Waals surface area contributed by atoms with Gasteiger partial charge in [0.05, 0.1) is 0 Å². The maximum absolute atomic E-state index is 11.8. The molecule has 0 aromatic heterocycles. The molecule has 0 bridgehead atoms. The number of ether oxygens (including phenoxy) is 2. The summed E-state index contributed by atoms with van der Waals surface area (Å²) in [6.07, 6.45) is -1.16. The number of carbonyl (C=O) groups is 2. The number of carbonyl (C=O) groups excluding carboxylic acids is 2. The molecule has 126 valence electrons. The molecule has 0 aliphatic heterocycles. The van der Waals surface area contributed by atoms with Crippen molar-refractivity contribution in [2.75, 3.05) is 17.2 Å². The Hall–Kier alpha value is -3.02. The van der Waals surface area contributed by atoms with Crippen LogP contribution in [-0.2, 0) is 9.47 Å². The lowest BCUT2D eigenvalue weighted by molar-refractivity contribution is 0.0537. The van der Waals surface area contributed by atoms with Crippen molar-refractivity contribution in [1.82, 2.24) is 0 Å². The Balaban J connectivity index is 1.75. The van der Waals surface area contributed by atoms with Crippen LogP contribution in [0.15, 0.2) is 60.7 Å². The van der Waals surface area contributed by atoms with Gasteiger partial charge in [-0.1, -0.05) is 43.3 Å². The van der Waals surface area contributed by atoms with Crippen molar-refractivity contribution in [3.63, 3.8) is 0 Å². The molecule has 0 aliphatic rings. The minimum atomic E-state index is -0.591. The predicted molar refractivity (Wildman–Crippen MR) is 92.0 cm³/mol. The van der Waals surface area contributed by atoms with Gasteiger partial charge < -0.3 is 9.47 Å². The third-order valence-corrected chi connectivity index (χ3v) is 3.17. The van der Waals surface area contributed by atoms with Crippen molar-refractivity contribution in [1.29, 1.82) is 0 Å². The fourth-order valence-corrected chi connectivity index (χ4v) is 1.90. The zero-order chi connectivity index (χ0) is 17.2. The second-order valence-electron chi connectivity index (χ2n) is 5.02. The fourth-order valence-electron chi connectivity index (χ4n) is 1.90. The lowest BCUT2D eigenvalue weighted by atomic mass is 10.3. The molecule has 0 spiro atoms. The van der Waals surface area contributed by atoms with E-state index in [4.69, 9.17) is 9.47 Å². The molecule has 1 atom stereocenters. The van der Waals surface area contributed by atoms with Crippen molar-refractivity contribution in [2.24, 2.45) is 0 Å². The zero-order valence-corrected chi connectivity index (χ0v) is 13.4. The Morgan fingerprint density at radius 2 is 1.38 bits per heavy atom. The maximum Gasteiger partial charge on any atom is 0.412 e. The summed E-state index contributed by atoms with van der Waals surface area (Å²) in [5.74, 6) is 0. The van der Waals surface area contributed by atoms with Crippen molar-refractivity contribution in [3.05, 3.63) is 60.7 Å². The van der Waals surface area contributed by atoms with Crippen LogP contribution in [0.5, 0.6) is 0 Å². The first-order valence-corrected chi connectivity index (χ1v) is 7.69. The Bertz CT molecular complexity index is 647. The second kappa shape index (κ2) is 9.19. The van der Waals surface area contributed by atoms with Gasteiger partial charge in [-0.3, -0.25) is 10.6 Å². The number of anilines is 2. The molecule has 0 aliphatic carbocycles. The summed E-state index contributed by atoms with van der Waals surface area (Å²) in [5, 5.41) is 5.21. The Labute approximate surface area is 140 Å². The molecular weight excluding hydrogens is 308 g/mol. The molecule has 24 heavy (non-hydrogen) atoms. The van der Waals surface area contributed by atoms with Gasteiger partial charge in [0.15, 0.2) is 0 Å². The van der Waals surface area contributed by atoms with Gasteiger partial charge in [0.1, 0.15) is 12.7 Å². The lowest BCUT2D eigenvalue weighted by Gasteiger charge is -2.17. The highest BCUT2D eigenvalue weighted by molar-refractivity contribution is 5.85. The quantitative estimate of drug-likeness (QED) is 0.830. The van der Waals surface area contributed by atoms with Gasteiger partial charge >= 0.3 is 12.2 Å². The van der Waals surface area contributed by atoms with Crippen LogP contribution in [0.3, 0.4) is 0 Å². The van der Waals surface area contributed by atoms with Crippen molar-refractivity contribution >= 4 is 23.6 Å². The first kappa shape index (κ1) is 17.3. The molecule has 0 saturated carbocycles. The summed E-state index contributed by atoms with van der Waals surface area (Å²) in [4.78, 5) is 23.5. The van der Waals surface area contributed by atoms with Crippen LogP contribution in [0.2, 0.25) is 0 Å². The van der Waals surface area contributed by atoms with Gasteiger partial charge in [-0.15, -0.1) is 0 Å². The number of hydrogen-bond acceptors (Lipinski definition) is 4. The molecule has 2 aromatic rings. The average Bonchev–Trinajstić information content (AvgIpc) is 2.60. The van der Waals surface area contributed by atoms with E-state index in [-0.39, 0.29) is 6.61 Å². The van der Waals surface area contributed by atoms with Gasteiger partial charge in [-0.25, -0.2) is 9.59 Å². The van der Waals surface area contributed by atoms with Crippen molar-refractivity contribution < 1.29 is 19.1 Å².